The molecule has 0 atom stereocenters. The van der Waals surface area contributed by atoms with Crippen LogP contribution in [0.4, 0.5) is 5.95 Å². The molecule has 0 unspecified atom stereocenters. The first-order valence-electron chi connectivity index (χ1n) is 9.13. The highest BCUT2D eigenvalue weighted by atomic mass is 16.5. The van der Waals surface area contributed by atoms with Gasteiger partial charge in [0.25, 0.3) is 5.91 Å². The first-order chi connectivity index (χ1) is 13.0. The average molecular weight is 371 g/mol. The second-order valence-electron chi connectivity index (χ2n) is 6.66. The first kappa shape index (κ1) is 20.6. The summed E-state index contributed by atoms with van der Waals surface area (Å²) >= 11 is 0. The maximum absolute atomic E-state index is 12.3. The van der Waals surface area contributed by atoms with E-state index in [-0.39, 0.29) is 5.91 Å². The minimum absolute atomic E-state index is 0.171. The zero-order valence-corrected chi connectivity index (χ0v) is 16.6. The van der Waals surface area contributed by atoms with Crippen molar-refractivity contribution in [1.82, 2.24) is 20.2 Å². The van der Waals surface area contributed by atoms with Crippen molar-refractivity contribution < 1.29 is 9.53 Å². The van der Waals surface area contributed by atoms with E-state index >= 15 is 0 Å². The minimum Gasteiger partial charge on any atom is -0.497 e. The standard InChI is InChI=1S/C20H29N5O2/c1-15-13-18(19(26)21-10-6-12-25(2)3)24-20(23-15)22-11-9-16-7-5-8-17(14-16)27-4/h5,7-8,13-14H,6,9-12H2,1-4H3,(H,21,26)(H,22,23,24). The van der Waals surface area contributed by atoms with Gasteiger partial charge in [0.15, 0.2) is 0 Å². The number of amides is 1. The summed E-state index contributed by atoms with van der Waals surface area (Å²) in [5.74, 6) is 1.14. The van der Waals surface area contributed by atoms with Crippen LogP contribution in [0.3, 0.4) is 0 Å². The summed E-state index contributed by atoms with van der Waals surface area (Å²) in [5.41, 5.74) is 2.30. The number of anilines is 1. The highest BCUT2D eigenvalue weighted by molar-refractivity contribution is 5.92. The van der Waals surface area contributed by atoms with Gasteiger partial charge in [0, 0.05) is 18.8 Å². The Kier molecular flexibility index (Phi) is 8.00. The van der Waals surface area contributed by atoms with Crippen molar-refractivity contribution >= 4 is 11.9 Å². The van der Waals surface area contributed by atoms with Crippen molar-refractivity contribution in [3.63, 3.8) is 0 Å². The van der Waals surface area contributed by atoms with Crippen molar-refractivity contribution in [1.29, 1.82) is 0 Å². The van der Waals surface area contributed by atoms with E-state index in [9.17, 15) is 4.79 Å². The van der Waals surface area contributed by atoms with Gasteiger partial charge in [-0.15, -0.1) is 0 Å². The van der Waals surface area contributed by atoms with Gasteiger partial charge >= 0.3 is 0 Å². The molecule has 1 aromatic carbocycles. The molecule has 0 aliphatic heterocycles. The Hall–Kier alpha value is -2.67. The summed E-state index contributed by atoms with van der Waals surface area (Å²) in [6.07, 6.45) is 1.70. The monoisotopic (exact) mass is 371 g/mol. The van der Waals surface area contributed by atoms with Crippen LogP contribution in [0.2, 0.25) is 0 Å². The smallest absolute Gasteiger partial charge is 0.270 e. The highest BCUT2D eigenvalue weighted by Gasteiger charge is 2.10. The Morgan fingerprint density at radius 1 is 1.19 bits per heavy atom. The van der Waals surface area contributed by atoms with E-state index in [0.29, 0.717) is 24.7 Å². The van der Waals surface area contributed by atoms with Gasteiger partial charge in [-0.3, -0.25) is 4.79 Å². The Balaban J connectivity index is 1.89. The molecule has 0 saturated carbocycles. The Labute approximate surface area is 161 Å². The lowest BCUT2D eigenvalue weighted by atomic mass is 10.1. The lowest BCUT2D eigenvalue weighted by molar-refractivity contribution is 0.0947. The lowest BCUT2D eigenvalue weighted by Gasteiger charge is -2.11. The van der Waals surface area contributed by atoms with Crippen LogP contribution in [0.15, 0.2) is 30.3 Å². The number of benzene rings is 1. The van der Waals surface area contributed by atoms with E-state index in [0.717, 1.165) is 36.4 Å². The largest absolute Gasteiger partial charge is 0.497 e. The van der Waals surface area contributed by atoms with Crippen LogP contribution in [-0.4, -0.2) is 61.6 Å². The zero-order valence-electron chi connectivity index (χ0n) is 16.6. The third kappa shape index (κ3) is 7.22. The number of hydrogen-bond acceptors (Lipinski definition) is 6. The molecule has 0 bridgehead atoms. The van der Waals surface area contributed by atoms with Gasteiger partial charge < -0.3 is 20.3 Å². The van der Waals surface area contributed by atoms with E-state index in [1.54, 1.807) is 13.2 Å². The van der Waals surface area contributed by atoms with Crippen LogP contribution in [0.5, 0.6) is 5.75 Å². The number of carbonyl (C=O) groups is 1. The van der Waals surface area contributed by atoms with E-state index in [1.807, 2.05) is 45.3 Å². The van der Waals surface area contributed by atoms with Crippen LogP contribution >= 0.6 is 0 Å². The number of carbonyl (C=O) groups excluding carboxylic acids is 1. The second kappa shape index (κ2) is 10.5. The number of aromatic nitrogens is 2. The molecular formula is C20H29N5O2. The molecule has 0 aliphatic carbocycles. The van der Waals surface area contributed by atoms with E-state index in [4.69, 9.17) is 4.74 Å². The van der Waals surface area contributed by atoms with Crippen LogP contribution in [0, 0.1) is 6.92 Å². The molecule has 146 valence electrons. The van der Waals surface area contributed by atoms with Gasteiger partial charge in [0.2, 0.25) is 5.95 Å². The number of aryl methyl sites for hydroxylation is 1. The maximum atomic E-state index is 12.3. The number of hydrogen-bond donors (Lipinski definition) is 2. The molecule has 2 aromatic rings. The molecule has 0 spiro atoms. The molecule has 0 aliphatic rings. The van der Waals surface area contributed by atoms with Crippen molar-refractivity contribution in [3.8, 4) is 5.75 Å². The van der Waals surface area contributed by atoms with E-state index < -0.39 is 0 Å². The molecule has 1 aromatic heterocycles. The predicted molar refractivity (Wildman–Crippen MR) is 107 cm³/mol. The summed E-state index contributed by atoms with van der Waals surface area (Å²) in [6, 6.07) is 9.65. The van der Waals surface area contributed by atoms with Gasteiger partial charge in [0.1, 0.15) is 11.4 Å². The summed E-state index contributed by atoms with van der Waals surface area (Å²) in [6.45, 7) is 4.08. The van der Waals surface area contributed by atoms with Gasteiger partial charge in [-0.1, -0.05) is 12.1 Å². The maximum Gasteiger partial charge on any atom is 0.270 e. The number of nitrogens with one attached hydrogen (secondary N) is 2. The van der Waals surface area contributed by atoms with Crippen molar-refractivity contribution in [2.75, 3.05) is 46.2 Å². The van der Waals surface area contributed by atoms with Crippen LogP contribution in [-0.2, 0) is 6.42 Å². The number of ether oxygens (including phenoxy) is 1. The second-order valence-corrected chi connectivity index (χ2v) is 6.66. The molecule has 7 heteroatoms. The number of nitrogens with zero attached hydrogens (tertiary/aromatic N) is 3. The number of methoxy groups -OCH3 is 1. The summed E-state index contributed by atoms with van der Waals surface area (Å²) in [4.78, 5) is 23.1. The summed E-state index contributed by atoms with van der Waals surface area (Å²) in [7, 11) is 5.68. The third-order valence-electron chi connectivity index (χ3n) is 3.99. The Morgan fingerprint density at radius 3 is 2.74 bits per heavy atom. The number of rotatable bonds is 10. The van der Waals surface area contributed by atoms with E-state index in [1.165, 1.54) is 0 Å². The van der Waals surface area contributed by atoms with Crippen molar-refractivity contribution in [2.45, 2.75) is 19.8 Å². The summed E-state index contributed by atoms with van der Waals surface area (Å²) < 4.78 is 5.24. The third-order valence-corrected chi connectivity index (χ3v) is 3.99. The average Bonchev–Trinajstić information content (AvgIpc) is 2.64. The summed E-state index contributed by atoms with van der Waals surface area (Å²) in [5, 5.41) is 6.11. The van der Waals surface area contributed by atoms with Crippen molar-refractivity contribution in [2.24, 2.45) is 0 Å². The Morgan fingerprint density at radius 2 is 2.00 bits per heavy atom. The normalized spacial score (nSPS) is 10.7. The quantitative estimate of drug-likeness (QED) is 0.623. The first-order valence-corrected chi connectivity index (χ1v) is 9.13. The fraction of sp³-hybridized carbons (Fsp3) is 0.450. The molecular weight excluding hydrogens is 342 g/mol. The molecule has 2 rings (SSSR count). The Bertz CT molecular complexity index is 749. The fourth-order valence-electron chi connectivity index (χ4n) is 2.60. The van der Waals surface area contributed by atoms with Crippen molar-refractivity contribution in [3.05, 3.63) is 47.3 Å². The molecule has 1 amide bonds. The minimum atomic E-state index is -0.171. The topological polar surface area (TPSA) is 79.4 Å². The molecule has 7 nitrogen and oxygen atoms in total. The molecule has 27 heavy (non-hydrogen) atoms. The molecule has 0 saturated heterocycles. The fourth-order valence-corrected chi connectivity index (χ4v) is 2.60. The van der Waals surface area contributed by atoms with Crippen LogP contribution in [0.1, 0.15) is 28.2 Å². The predicted octanol–water partition coefficient (Wildman–Crippen LogP) is 2.13. The van der Waals surface area contributed by atoms with Gasteiger partial charge in [-0.05, 0) is 64.2 Å². The lowest BCUT2D eigenvalue weighted by Crippen LogP contribution is -2.28. The molecule has 1 heterocycles. The van der Waals surface area contributed by atoms with Crippen LogP contribution < -0.4 is 15.4 Å². The van der Waals surface area contributed by atoms with E-state index in [2.05, 4.69) is 25.5 Å². The molecule has 0 radical (unpaired) electrons. The SMILES string of the molecule is COc1cccc(CCNc2nc(C)cc(C(=O)NCCCN(C)C)n2)c1. The van der Waals surface area contributed by atoms with Crippen LogP contribution in [0.25, 0.3) is 0 Å². The van der Waals surface area contributed by atoms with Gasteiger partial charge in [0.05, 0.1) is 7.11 Å². The molecule has 2 N–H and O–H groups in total. The zero-order chi connectivity index (χ0) is 19.6. The van der Waals surface area contributed by atoms with Gasteiger partial charge in [-0.2, -0.15) is 0 Å². The molecule has 0 fully saturated rings. The van der Waals surface area contributed by atoms with Gasteiger partial charge in [-0.25, -0.2) is 9.97 Å². The highest BCUT2D eigenvalue weighted by Crippen LogP contribution is 2.13.